The maximum absolute atomic E-state index is 14.3. The Bertz CT molecular complexity index is 962. The Morgan fingerprint density at radius 2 is 1.93 bits per heavy atom. The molecule has 1 aliphatic rings. The SMILES string of the molecule is Fc1c(Nc2ncnc3c2cnn3C2CCNCC2)cccc1C(F)(F)F. The van der Waals surface area contributed by atoms with Crippen LogP contribution in [0.2, 0.25) is 0 Å². The number of benzene rings is 1. The van der Waals surface area contributed by atoms with Crippen molar-refractivity contribution in [3.63, 3.8) is 0 Å². The van der Waals surface area contributed by atoms with E-state index in [9.17, 15) is 17.6 Å². The van der Waals surface area contributed by atoms with Crippen molar-refractivity contribution < 1.29 is 17.6 Å². The van der Waals surface area contributed by atoms with Gasteiger partial charge in [0.05, 0.1) is 28.9 Å². The minimum absolute atomic E-state index is 0.178. The molecular weight excluding hydrogens is 364 g/mol. The fourth-order valence-corrected chi connectivity index (χ4v) is 3.26. The van der Waals surface area contributed by atoms with Gasteiger partial charge in [0.1, 0.15) is 12.1 Å². The number of halogens is 4. The average molecular weight is 380 g/mol. The molecule has 1 saturated heterocycles. The normalized spacial score (nSPS) is 16.0. The van der Waals surface area contributed by atoms with Crippen molar-refractivity contribution in [1.29, 1.82) is 0 Å². The maximum atomic E-state index is 14.3. The molecule has 2 N–H and O–H groups in total. The van der Waals surface area contributed by atoms with Crippen molar-refractivity contribution in [2.45, 2.75) is 25.1 Å². The molecule has 1 aliphatic heterocycles. The molecule has 142 valence electrons. The van der Waals surface area contributed by atoms with Gasteiger partial charge in [0.2, 0.25) is 0 Å². The summed E-state index contributed by atoms with van der Waals surface area (Å²) in [6.07, 6.45) is -0.152. The highest BCUT2D eigenvalue weighted by molar-refractivity contribution is 5.88. The second-order valence-electron chi connectivity index (χ2n) is 6.32. The number of fused-ring (bicyclic) bond motifs is 1. The summed E-state index contributed by atoms with van der Waals surface area (Å²) in [6, 6.07) is 3.25. The predicted octanol–water partition coefficient (Wildman–Crippen LogP) is 3.65. The highest BCUT2D eigenvalue weighted by Gasteiger charge is 2.35. The van der Waals surface area contributed by atoms with Crippen molar-refractivity contribution >= 4 is 22.5 Å². The third-order valence-electron chi connectivity index (χ3n) is 4.60. The van der Waals surface area contributed by atoms with Gasteiger partial charge in [-0.15, -0.1) is 0 Å². The summed E-state index contributed by atoms with van der Waals surface area (Å²) in [5, 5.41) is 10.8. The number of aromatic nitrogens is 4. The van der Waals surface area contributed by atoms with Gasteiger partial charge in [0, 0.05) is 0 Å². The summed E-state index contributed by atoms with van der Waals surface area (Å²) in [4.78, 5) is 8.31. The molecule has 0 atom stereocenters. The molecule has 0 unspecified atom stereocenters. The van der Waals surface area contributed by atoms with Gasteiger partial charge in [-0.2, -0.15) is 18.3 Å². The minimum Gasteiger partial charge on any atom is -0.337 e. The van der Waals surface area contributed by atoms with Crippen LogP contribution in [0.4, 0.5) is 29.1 Å². The molecule has 0 spiro atoms. The van der Waals surface area contributed by atoms with E-state index >= 15 is 0 Å². The summed E-state index contributed by atoms with van der Waals surface area (Å²) < 4.78 is 54.8. The van der Waals surface area contributed by atoms with Gasteiger partial charge < -0.3 is 10.6 Å². The van der Waals surface area contributed by atoms with Gasteiger partial charge in [-0.25, -0.2) is 19.0 Å². The number of nitrogens with zero attached hydrogens (tertiary/aromatic N) is 4. The lowest BCUT2D eigenvalue weighted by molar-refractivity contribution is -0.139. The lowest BCUT2D eigenvalue weighted by Crippen LogP contribution is -2.29. The van der Waals surface area contributed by atoms with E-state index in [1.54, 1.807) is 10.9 Å². The highest BCUT2D eigenvalue weighted by Crippen LogP contribution is 2.35. The summed E-state index contributed by atoms with van der Waals surface area (Å²) >= 11 is 0. The zero-order valence-corrected chi connectivity index (χ0v) is 14.1. The average Bonchev–Trinajstić information content (AvgIpc) is 3.08. The Balaban J connectivity index is 1.70. The smallest absolute Gasteiger partial charge is 0.337 e. The molecule has 3 heterocycles. The minimum atomic E-state index is -4.78. The van der Waals surface area contributed by atoms with Crippen molar-refractivity contribution in [3.05, 3.63) is 42.1 Å². The summed E-state index contributed by atoms with van der Waals surface area (Å²) in [6.45, 7) is 1.75. The van der Waals surface area contributed by atoms with Gasteiger partial charge in [-0.3, -0.25) is 0 Å². The molecule has 10 heteroatoms. The van der Waals surface area contributed by atoms with E-state index < -0.39 is 17.6 Å². The third kappa shape index (κ3) is 3.32. The van der Waals surface area contributed by atoms with E-state index in [0.717, 1.165) is 32.0 Å². The lowest BCUT2D eigenvalue weighted by atomic mass is 10.1. The van der Waals surface area contributed by atoms with Crippen LogP contribution in [0, 0.1) is 5.82 Å². The number of piperidine rings is 1. The van der Waals surface area contributed by atoms with Crippen molar-refractivity contribution in [1.82, 2.24) is 25.1 Å². The van der Waals surface area contributed by atoms with E-state index in [1.807, 2.05) is 0 Å². The zero-order chi connectivity index (χ0) is 19.0. The van der Waals surface area contributed by atoms with Crippen molar-refractivity contribution in [3.8, 4) is 0 Å². The summed E-state index contributed by atoms with van der Waals surface area (Å²) in [7, 11) is 0. The molecule has 1 fully saturated rings. The molecule has 1 aromatic carbocycles. The van der Waals surface area contributed by atoms with Crippen LogP contribution in [-0.4, -0.2) is 32.8 Å². The van der Waals surface area contributed by atoms with Gasteiger partial charge in [0.15, 0.2) is 11.5 Å². The van der Waals surface area contributed by atoms with Crippen LogP contribution in [0.25, 0.3) is 11.0 Å². The third-order valence-corrected chi connectivity index (χ3v) is 4.60. The number of anilines is 2. The van der Waals surface area contributed by atoms with E-state index in [2.05, 4.69) is 25.7 Å². The number of rotatable bonds is 3. The van der Waals surface area contributed by atoms with Crippen LogP contribution >= 0.6 is 0 Å². The molecule has 2 aromatic heterocycles. The van der Waals surface area contributed by atoms with Crippen LogP contribution in [-0.2, 0) is 6.18 Å². The van der Waals surface area contributed by atoms with Gasteiger partial charge in [-0.05, 0) is 38.1 Å². The number of nitrogens with one attached hydrogen (secondary N) is 2. The fourth-order valence-electron chi connectivity index (χ4n) is 3.26. The molecule has 4 rings (SSSR count). The zero-order valence-electron chi connectivity index (χ0n) is 14.1. The van der Waals surface area contributed by atoms with E-state index in [-0.39, 0.29) is 17.5 Å². The molecule has 0 saturated carbocycles. The van der Waals surface area contributed by atoms with E-state index in [1.165, 1.54) is 12.4 Å². The number of alkyl halides is 3. The fraction of sp³-hybridized carbons (Fsp3) is 0.353. The van der Waals surface area contributed by atoms with Crippen molar-refractivity contribution in [2.24, 2.45) is 0 Å². The highest BCUT2D eigenvalue weighted by atomic mass is 19.4. The topological polar surface area (TPSA) is 67.7 Å². The first-order chi connectivity index (χ1) is 12.9. The van der Waals surface area contributed by atoms with Gasteiger partial charge >= 0.3 is 6.18 Å². The summed E-state index contributed by atoms with van der Waals surface area (Å²) in [5.74, 6) is -1.17. The molecule has 0 aliphatic carbocycles. The Kier molecular flexibility index (Phi) is 4.42. The molecule has 0 amide bonds. The first kappa shape index (κ1) is 17.7. The standard InChI is InChI=1S/C17H16F4N6/c18-14-12(17(19,20)21)2-1-3-13(14)26-15-11-8-25-27(16(11)24-9-23-15)10-4-6-22-7-5-10/h1-3,8-10,22H,4-7H2,(H,23,24,26). The Hall–Kier alpha value is -2.75. The quantitative estimate of drug-likeness (QED) is 0.679. The van der Waals surface area contributed by atoms with Crippen LogP contribution in [0.15, 0.2) is 30.7 Å². The molecule has 6 nitrogen and oxygen atoms in total. The molecule has 3 aromatic rings. The molecule has 27 heavy (non-hydrogen) atoms. The van der Waals surface area contributed by atoms with Crippen LogP contribution in [0.5, 0.6) is 0 Å². The predicted molar refractivity (Wildman–Crippen MR) is 91.1 cm³/mol. The summed E-state index contributed by atoms with van der Waals surface area (Å²) in [5.41, 5.74) is -1.07. The monoisotopic (exact) mass is 380 g/mol. The van der Waals surface area contributed by atoms with E-state index in [4.69, 9.17) is 0 Å². The van der Waals surface area contributed by atoms with Crippen LogP contribution < -0.4 is 10.6 Å². The van der Waals surface area contributed by atoms with Gasteiger partial charge in [-0.1, -0.05) is 6.07 Å². The lowest BCUT2D eigenvalue weighted by Gasteiger charge is -2.23. The number of hydrogen-bond acceptors (Lipinski definition) is 5. The van der Waals surface area contributed by atoms with Gasteiger partial charge in [0.25, 0.3) is 0 Å². The molecule has 0 radical (unpaired) electrons. The largest absolute Gasteiger partial charge is 0.419 e. The second-order valence-corrected chi connectivity index (χ2v) is 6.32. The van der Waals surface area contributed by atoms with E-state index in [0.29, 0.717) is 17.1 Å². The number of hydrogen-bond donors (Lipinski definition) is 2. The maximum Gasteiger partial charge on any atom is 0.419 e. The first-order valence-corrected chi connectivity index (χ1v) is 8.47. The Morgan fingerprint density at radius 1 is 1.15 bits per heavy atom. The first-order valence-electron chi connectivity index (χ1n) is 8.47. The Morgan fingerprint density at radius 3 is 2.67 bits per heavy atom. The second kappa shape index (κ2) is 6.76. The Labute approximate surface area is 151 Å². The van der Waals surface area contributed by atoms with Crippen LogP contribution in [0.3, 0.4) is 0 Å². The molecular formula is C17H16F4N6. The van der Waals surface area contributed by atoms with Crippen LogP contribution in [0.1, 0.15) is 24.4 Å². The van der Waals surface area contributed by atoms with Crippen molar-refractivity contribution in [2.75, 3.05) is 18.4 Å². The molecule has 0 bridgehead atoms.